The lowest BCUT2D eigenvalue weighted by Gasteiger charge is -2.29. The molecule has 1 fully saturated rings. The number of alkyl halides is 6. The largest absolute Gasteiger partial charge is 0.433 e. The molecule has 3 nitrogen and oxygen atoms in total. The number of rotatable bonds is 2. The second-order valence-electron chi connectivity index (χ2n) is 6.30. The van der Waals surface area contributed by atoms with Gasteiger partial charge in [-0.25, -0.2) is 4.98 Å². The summed E-state index contributed by atoms with van der Waals surface area (Å²) in [6, 6.07) is 3.16. The molecule has 0 aliphatic carbocycles. The van der Waals surface area contributed by atoms with Crippen LogP contribution in [0, 0.1) is 0 Å². The van der Waals surface area contributed by atoms with Crippen LogP contribution in [0.1, 0.15) is 42.2 Å². The van der Waals surface area contributed by atoms with Crippen LogP contribution in [-0.4, -0.2) is 22.7 Å². The molecule has 10 heteroatoms. The van der Waals surface area contributed by atoms with E-state index in [1.165, 1.54) is 6.07 Å². The Balaban J connectivity index is 0.00000261. The molecule has 2 aromatic rings. The van der Waals surface area contributed by atoms with E-state index in [0.29, 0.717) is 25.1 Å². The third-order valence-electron chi connectivity index (χ3n) is 4.52. The molecule has 0 spiro atoms. The molecule has 27 heavy (non-hydrogen) atoms. The first-order valence-corrected chi connectivity index (χ1v) is 8.08. The Bertz CT molecular complexity index is 802. The van der Waals surface area contributed by atoms with Gasteiger partial charge >= 0.3 is 12.4 Å². The molecule has 1 unspecified atom stereocenters. The maximum atomic E-state index is 13.2. The Morgan fingerprint density at radius 2 is 1.78 bits per heavy atom. The number of halogens is 7. The number of piperidine rings is 1. The van der Waals surface area contributed by atoms with E-state index in [1.807, 2.05) is 0 Å². The standard InChI is InChI=1S/C17H16F6N2O.ClH/c18-16(19,20)11-5-3-4-9-10(15(26)12-6-1-2-7-24-12)8-13(17(21,22)23)25-14(9)11;/h3-5,8,12,15,24,26H,1-2,6-7H2;1H/t12?,15-;/m0./s1. The van der Waals surface area contributed by atoms with E-state index < -0.39 is 41.3 Å². The molecule has 2 atom stereocenters. The highest BCUT2D eigenvalue weighted by atomic mass is 35.5. The Hall–Kier alpha value is -1.58. The van der Waals surface area contributed by atoms with Gasteiger partial charge in [0.2, 0.25) is 0 Å². The van der Waals surface area contributed by atoms with Crippen LogP contribution in [0.3, 0.4) is 0 Å². The van der Waals surface area contributed by atoms with Gasteiger partial charge in [-0.3, -0.25) is 0 Å². The van der Waals surface area contributed by atoms with E-state index in [0.717, 1.165) is 18.9 Å². The number of aliphatic hydroxyl groups is 1. The lowest BCUT2D eigenvalue weighted by atomic mass is 9.91. The summed E-state index contributed by atoms with van der Waals surface area (Å²) >= 11 is 0. The number of nitrogens with zero attached hydrogens (tertiary/aromatic N) is 1. The number of nitrogens with one attached hydrogen (secondary N) is 1. The molecule has 1 aliphatic rings. The zero-order valence-corrected chi connectivity index (χ0v) is 14.7. The molecule has 1 aromatic heterocycles. The fourth-order valence-corrected chi connectivity index (χ4v) is 3.26. The predicted octanol–water partition coefficient (Wildman–Crippen LogP) is 4.87. The number of hydrogen-bond acceptors (Lipinski definition) is 3. The number of pyridine rings is 1. The van der Waals surface area contributed by atoms with E-state index in [-0.39, 0.29) is 23.4 Å². The average Bonchev–Trinajstić information content (AvgIpc) is 2.58. The Morgan fingerprint density at radius 1 is 1.07 bits per heavy atom. The van der Waals surface area contributed by atoms with Crippen molar-refractivity contribution in [2.24, 2.45) is 0 Å². The lowest BCUT2D eigenvalue weighted by molar-refractivity contribution is -0.142. The molecule has 3 rings (SSSR count). The fourth-order valence-electron chi connectivity index (χ4n) is 3.26. The predicted molar refractivity (Wildman–Crippen MR) is 89.6 cm³/mol. The van der Waals surface area contributed by atoms with Gasteiger partial charge in [-0.1, -0.05) is 18.6 Å². The topological polar surface area (TPSA) is 45.2 Å². The van der Waals surface area contributed by atoms with Crippen LogP contribution in [0.2, 0.25) is 0 Å². The third-order valence-corrected chi connectivity index (χ3v) is 4.52. The van der Waals surface area contributed by atoms with Crippen LogP contribution in [-0.2, 0) is 12.4 Å². The number of fused-ring (bicyclic) bond motifs is 1. The van der Waals surface area contributed by atoms with Gasteiger partial charge in [0.15, 0.2) is 0 Å². The Kier molecular flexibility index (Phi) is 6.28. The summed E-state index contributed by atoms with van der Waals surface area (Å²) in [5.41, 5.74) is -3.72. The van der Waals surface area contributed by atoms with Crippen molar-refractivity contribution in [3.05, 3.63) is 41.1 Å². The van der Waals surface area contributed by atoms with Crippen molar-refractivity contribution in [2.45, 2.75) is 43.8 Å². The van der Waals surface area contributed by atoms with E-state index in [4.69, 9.17) is 0 Å². The van der Waals surface area contributed by atoms with Crippen LogP contribution in [0.15, 0.2) is 24.3 Å². The number of benzene rings is 1. The summed E-state index contributed by atoms with van der Waals surface area (Å²) in [5, 5.41) is 13.5. The molecule has 1 aromatic carbocycles. The van der Waals surface area contributed by atoms with E-state index >= 15 is 0 Å². The van der Waals surface area contributed by atoms with Gasteiger partial charge in [0, 0.05) is 11.4 Å². The normalized spacial score (nSPS) is 19.6. The molecular formula is C17H17ClF6N2O. The second kappa shape index (κ2) is 7.81. The van der Waals surface area contributed by atoms with Crippen LogP contribution in [0.25, 0.3) is 10.9 Å². The summed E-state index contributed by atoms with van der Waals surface area (Å²) < 4.78 is 79.3. The van der Waals surface area contributed by atoms with E-state index in [2.05, 4.69) is 10.3 Å². The van der Waals surface area contributed by atoms with E-state index in [9.17, 15) is 31.4 Å². The van der Waals surface area contributed by atoms with Gasteiger partial charge in [0.1, 0.15) is 5.69 Å². The molecule has 1 saturated heterocycles. The van der Waals surface area contributed by atoms with Gasteiger partial charge in [-0.2, -0.15) is 26.3 Å². The summed E-state index contributed by atoms with van der Waals surface area (Å²) in [4.78, 5) is 3.22. The van der Waals surface area contributed by atoms with Crippen molar-refractivity contribution >= 4 is 23.3 Å². The minimum absolute atomic E-state index is 0. The quantitative estimate of drug-likeness (QED) is 0.689. The maximum Gasteiger partial charge on any atom is 0.433 e. The SMILES string of the molecule is Cl.O[C@@H](c1cc(C(F)(F)F)nc2c(C(F)(F)F)cccc12)C1CCCCN1. The molecule has 0 amide bonds. The minimum Gasteiger partial charge on any atom is -0.387 e. The molecule has 2 N–H and O–H groups in total. The van der Waals surface area contributed by atoms with Crippen molar-refractivity contribution in [3.63, 3.8) is 0 Å². The van der Waals surface area contributed by atoms with Crippen molar-refractivity contribution in [1.82, 2.24) is 10.3 Å². The second-order valence-corrected chi connectivity index (χ2v) is 6.30. The van der Waals surface area contributed by atoms with Crippen molar-refractivity contribution in [2.75, 3.05) is 6.54 Å². The molecule has 0 saturated carbocycles. The highest BCUT2D eigenvalue weighted by Gasteiger charge is 2.38. The highest BCUT2D eigenvalue weighted by molar-refractivity contribution is 5.86. The number of aromatic nitrogens is 1. The smallest absolute Gasteiger partial charge is 0.387 e. The van der Waals surface area contributed by atoms with Crippen LogP contribution >= 0.6 is 12.4 Å². The zero-order chi connectivity index (χ0) is 19.1. The van der Waals surface area contributed by atoms with Crippen molar-refractivity contribution in [3.8, 4) is 0 Å². The van der Waals surface area contributed by atoms with Crippen molar-refractivity contribution < 1.29 is 31.4 Å². The zero-order valence-electron chi connectivity index (χ0n) is 13.9. The summed E-state index contributed by atoms with van der Waals surface area (Å²) in [7, 11) is 0. The fraction of sp³-hybridized carbons (Fsp3) is 0.471. The molecule has 2 heterocycles. The first-order valence-electron chi connectivity index (χ1n) is 8.08. The third kappa shape index (κ3) is 4.47. The number of aliphatic hydroxyl groups excluding tert-OH is 1. The van der Waals surface area contributed by atoms with Gasteiger partial charge in [-0.15, -0.1) is 12.4 Å². The minimum atomic E-state index is -4.93. The van der Waals surface area contributed by atoms with Crippen LogP contribution in [0.5, 0.6) is 0 Å². The van der Waals surface area contributed by atoms with E-state index in [1.54, 1.807) is 0 Å². The molecule has 0 radical (unpaired) electrons. The first kappa shape index (κ1) is 21.7. The first-order chi connectivity index (χ1) is 12.1. The number of para-hydroxylation sites is 1. The van der Waals surface area contributed by atoms with Crippen molar-refractivity contribution in [1.29, 1.82) is 0 Å². The Labute approximate surface area is 157 Å². The highest BCUT2D eigenvalue weighted by Crippen LogP contribution is 2.39. The summed E-state index contributed by atoms with van der Waals surface area (Å²) in [5.74, 6) is 0. The number of hydrogen-bond donors (Lipinski definition) is 2. The molecule has 150 valence electrons. The lowest BCUT2D eigenvalue weighted by Crippen LogP contribution is -2.39. The summed E-state index contributed by atoms with van der Waals surface area (Å²) in [6.45, 7) is 0.588. The van der Waals surface area contributed by atoms with Crippen LogP contribution in [0.4, 0.5) is 26.3 Å². The average molecular weight is 415 g/mol. The maximum absolute atomic E-state index is 13.2. The van der Waals surface area contributed by atoms with Gasteiger partial charge < -0.3 is 10.4 Å². The van der Waals surface area contributed by atoms with Crippen LogP contribution < -0.4 is 5.32 Å². The molecule has 1 aliphatic heterocycles. The molecule has 0 bridgehead atoms. The summed E-state index contributed by atoms with van der Waals surface area (Å²) in [6.07, 6.45) is -9.00. The van der Waals surface area contributed by atoms with Gasteiger partial charge in [-0.05, 0) is 37.1 Å². The monoisotopic (exact) mass is 414 g/mol. The molecular weight excluding hydrogens is 398 g/mol. The van der Waals surface area contributed by atoms with Gasteiger partial charge in [0.05, 0.1) is 17.2 Å². The Morgan fingerprint density at radius 3 is 2.33 bits per heavy atom. The van der Waals surface area contributed by atoms with Gasteiger partial charge in [0.25, 0.3) is 0 Å².